The molecule has 1 N–H and O–H groups in total. The summed E-state index contributed by atoms with van der Waals surface area (Å²) in [6.45, 7) is 2.15. The van der Waals surface area contributed by atoms with E-state index in [2.05, 4.69) is 22.4 Å². The zero-order valence-corrected chi connectivity index (χ0v) is 11.8. The quantitative estimate of drug-likeness (QED) is 0.924. The largest absolute Gasteiger partial charge is 0.347 e. The zero-order chi connectivity index (χ0) is 13.0. The molecule has 6 heteroatoms. The molecule has 0 aliphatic heterocycles. The summed E-state index contributed by atoms with van der Waals surface area (Å²) in [6, 6.07) is 3.43. The van der Waals surface area contributed by atoms with Crippen molar-refractivity contribution >= 4 is 29.3 Å². The Hall–Kier alpha value is -0.810. The number of carbonyl (C=O) groups is 1. The van der Waals surface area contributed by atoms with E-state index in [9.17, 15) is 4.79 Å². The van der Waals surface area contributed by atoms with Crippen LogP contribution >= 0.6 is 23.4 Å². The number of hydrogen-bond donors (Lipinski definition) is 1. The Morgan fingerprint density at radius 1 is 1.50 bits per heavy atom. The maximum atomic E-state index is 12.0. The van der Waals surface area contributed by atoms with Crippen molar-refractivity contribution in [2.45, 2.75) is 37.5 Å². The average Bonchev–Trinajstić information content (AvgIpc) is 2.78. The first-order chi connectivity index (χ1) is 8.70. The van der Waals surface area contributed by atoms with Crippen LogP contribution in [0.15, 0.2) is 12.1 Å². The number of thioether (sulfide) groups is 1. The summed E-state index contributed by atoms with van der Waals surface area (Å²) in [5, 5.41) is 11.3. The lowest BCUT2D eigenvalue weighted by molar-refractivity contribution is 0.0932. The summed E-state index contributed by atoms with van der Waals surface area (Å²) in [4.78, 5) is 12.0. The maximum absolute atomic E-state index is 12.0. The smallest absolute Gasteiger partial charge is 0.272 e. The molecular weight excluding hydrogens is 270 g/mol. The fourth-order valence-electron chi connectivity index (χ4n) is 2.18. The number of carbonyl (C=O) groups excluding carboxylic acids is 1. The number of hydrogen-bond acceptors (Lipinski definition) is 4. The van der Waals surface area contributed by atoms with Gasteiger partial charge in [0.05, 0.1) is 0 Å². The maximum Gasteiger partial charge on any atom is 0.272 e. The Kier molecular flexibility index (Phi) is 4.83. The SMILES string of the molecule is CCSC1CCCC1NC(=O)c1ccc(Cl)nn1. The van der Waals surface area contributed by atoms with Gasteiger partial charge in [0, 0.05) is 11.3 Å². The van der Waals surface area contributed by atoms with E-state index in [-0.39, 0.29) is 11.9 Å². The molecule has 18 heavy (non-hydrogen) atoms. The van der Waals surface area contributed by atoms with Crippen molar-refractivity contribution in [3.63, 3.8) is 0 Å². The molecule has 2 unspecified atom stereocenters. The van der Waals surface area contributed by atoms with E-state index in [4.69, 9.17) is 11.6 Å². The van der Waals surface area contributed by atoms with Gasteiger partial charge in [-0.1, -0.05) is 24.9 Å². The lowest BCUT2D eigenvalue weighted by atomic mass is 10.2. The van der Waals surface area contributed by atoms with Gasteiger partial charge in [-0.3, -0.25) is 4.79 Å². The highest BCUT2D eigenvalue weighted by molar-refractivity contribution is 7.99. The molecule has 1 amide bonds. The third kappa shape index (κ3) is 3.36. The zero-order valence-electron chi connectivity index (χ0n) is 10.2. The number of nitrogens with zero attached hydrogens (tertiary/aromatic N) is 2. The summed E-state index contributed by atoms with van der Waals surface area (Å²) >= 11 is 7.56. The topological polar surface area (TPSA) is 54.9 Å². The third-order valence-electron chi connectivity index (χ3n) is 3.01. The minimum Gasteiger partial charge on any atom is -0.347 e. The van der Waals surface area contributed by atoms with E-state index in [0.717, 1.165) is 12.2 Å². The van der Waals surface area contributed by atoms with E-state index < -0.39 is 0 Å². The predicted octanol–water partition coefficient (Wildman–Crippen LogP) is 2.53. The van der Waals surface area contributed by atoms with Crippen LogP contribution in [0.4, 0.5) is 0 Å². The van der Waals surface area contributed by atoms with Crippen LogP contribution in [0.1, 0.15) is 36.7 Å². The first kappa shape index (κ1) is 13.6. The van der Waals surface area contributed by atoms with E-state index in [0.29, 0.717) is 16.1 Å². The Balaban J connectivity index is 1.96. The second-order valence-corrected chi connectivity index (χ2v) is 6.15. The summed E-state index contributed by atoms with van der Waals surface area (Å²) in [5.41, 5.74) is 0.326. The molecule has 0 aromatic carbocycles. The first-order valence-electron chi connectivity index (χ1n) is 6.12. The molecule has 2 rings (SSSR count). The van der Waals surface area contributed by atoms with Gasteiger partial charge in [-0.2, -0.15) is 11.8 Å². The summed E-state index contributed by atoms with van der Waals surface area (Å²) in [6.07, 6.45) is 3.40. The van der Waals surface area contributed by atoms with Crippen molar-refractivity contribution in [2.24, 2.45) is 0 Å². The van der Waals surface area contributed by atoms with Crippen molar-refractivity contribution in [3.8, 4) is 0 Å². The fourth-order valence-corrected chi connectivity index (χ4v) is 3.48. The van der Waals surface area contributed by atoms with E-state index in [1.165, 1.54) is 12.8 Å². The number of rotatable bonds is 4. The average molecular weight is 286 g/mol. The van der Waals surface area contributed by atoms with E-state index in [1.807, 2.05) is 11.8 Å². The summed E-state index contributed by atoms with van der Waals surface area (Å²) in [5.74, 6) is 0.922. The molecule has 4 nitrogen and oxygen atoms in total. The number of aromatic nitrogens is 2. The van der Waals surface area contributed by atoms with Gasteiger partial charge in [-0.05, 0) is 30.7 Å². The number of halogens is 1. The van der Waals surface area contributed by atoms with Crippen LogP contribution in [0.2, 0.25) is 5.15 Å². The molecule has 1 saturated carbocycles. The molecule has 2 atom stereocenters. The molecule has 1 fully saturated rings. The fraction of sp³-hybridized carbons (Fsp3) is 0.583. The second kappa shape index (κ2) is 6.38. The predicted molar refractivity (Wildman–Crippen MR) is 74.1 cm³/mol. The van der Waals surface area contributed by atoms with Crippen LogP contribution in [0, 0.1) is 0 Å². The van der Waals surface area contributed by atoms with Crippen molar-refractivity contribution in [2.75, 3.05) is 5.75 Å². The highest BCUT2D eigenvalue weighted by Gasteiger charge is 2.28. The van der Waals surface area contributed by atoms with Gasteiger partial charge in [0.15, 0.2) is 10.8 Å². The van der Waals surface area contributed by atoms with Gasteiger partial charge in [-0.15, -0.1) is 10.2 Å². The van der Waals surface area contributed by atoms with Gasteiger partial charge < -0.3 is 5.32 Å². The van der Waals surface area contributed by atoms with Crippen LogP contribution in [0.5, 0.6) is 0 Å². The molecule has 98 valence electrons. The summed E-state index contributed by atoms with van der Waals surface area (Å²) in [7, 11) is 0. The molecular formula is C12H16ClN3OS. The molecule has 0 saturated heterocycles. The van der Waals surface area contributed by atoms with Crippen LogP contribution in [0.25, 0.3) is 0 Å². The van der Waals surface area contributed by atoms with Crippen LogP contribution in [-0.4, -0.2) is 33.1 Å². The van der Waals surface area contributed by atoms with Crippen LogP contribution < -0.4 is 5.32 Å². The van der Waals surface area contributed by atoms with Gasteiger partial charge in [0.1, 0.15) is 0 Å². The summed E-state index contributed by atoms with van der Waals surface area (Å²) < 4.78 is 0. The third-order valence-corrected chi connectivity index (χ3v) is 4.54. The Morgan fingerprint density at radius 2 is 2.33 bits per heavy atom. The lowest BCUT2D eigenvalue weighted by Gasteiger charge is -2.19. The molecule has 1 heterocycles. The van der Waals surface area contributed by atoms with Gasteiger partial charge >= 0.3 is 0 Å². The molecule has 0 bridgehead atoms. The van der Waals surface area contributed by atoms with Crippen LogP contribution in [-0.2, 0) is 0 Å². The standard InChI is InChI=1S/C12H16ClN3OS/c1-2-18-10-5-3-4-8(10)14-12(17)9-6-7-11(13)16-15-9/h6-8,10H,2-5H2,1H3,(H,14,17). The van der Waals surface area contributed by atoms with Crippen molar-refractivity contribution in [1.82, 2.24) is 15.5 Å². The lowest BCUT2D eigenvalue weighted by Crippen LogP contribution is -2.39. The number of nitrogens with one attached hydrogen (secondary N) is 1. The highest BCUT2D eigenvalue weighted by atomic mass is 35.5. The molecule has 1 aromatic heterocycles. The minimum atomic E-state index is -0.159. The van der Waals surface area contributed by atoms with E-state index in [1.54, 1.807) is 12.1 Å². The Bertz CT molecular complexity index is 412. The molecule has 0 spiro atoms. The first-order valence-corrected chi connectivity index (χ1v) is 7.55. The van der Waals surface area contributed by atoms with E-state index >= 15 is 0 Å². The Labute approximate surface area is 116 Å². The molecule has 1 aliphatic rings. The number of amides is 1. The Morgan fingerprint density at radius 3 is 3.00 bits per heavy atom. The molecule has 0 radical (unpaired) electrons. The van der Waals surface area contributed by atoms with Crippen molar-refractivity contribution in [3.05, 3.63) is 23.0 Å². The monoisotopic (exact) mass is 285 g/mol. The normalized spacial score (nSPS) is 23.0. The van der Waals surface area contributed by atoms with Gasteiger partial charge in [0.25, 0.3) is 5.91 Å². The highest BCUT2D eigenvalue weighted by Crippen LogP contribution is 2.29. The van der Waals surface area contributed by atoms with Crippen LogP contribution in [0.3, 0.4) is 0 Å². The van der Waals surface area contributed by atoms with Gasteiger partial charge in [0.2, 0.25) is 0 Å². The molecule has 1 aromatic rings. The van der Waals surface area contributed by atoms with Gasteiger partial charge in [-0.25, -0.2) is 0 Å². The van der Waals surface area contributed by atoms with Crippen molar-refractivity contribution in [1.29, 1.82) is 0 Å². The molecule has 1 aliphatic carbocycles. The van der Waals surface area contributed by atoms with Crippen molar-refractivity contribution < 1.29 is 4.79 Å². The minimum absolute atomic E-state index is 0.159. The second-order valence-electron chi connectivity index (χ2n) is 4.25.